The highest BCUT2D eigenvalue weighted by atomic mass is 16.5. The summed E-state index contributed by atoms with van der Waals surface area (Å²) >= 11 is 0. The quantitative estimate of drug-likeness (QED) is 0.782. The molecule has 1 aromatic rings. The predicted molar refractivity (Wildman–Crippen MR) is 90.1 cm³/mol. The van der Waals surface area contributed by atoms with E-state index in [1.165, 1.54) is 12.8 Å². The van der Waals surface area contributed by atoms with Crippen molar-refractivity contribution in [1.29, 1.82) is 0 Å². The Hall–Kier alpha value is -1.89. The molecule has 2 fully saturated rings. The van der Waals surface area contributed by atoms with Gasteiger partial charge in [0.1, 0.15) is 6.10 Å². The van der Waals surface area contributed by atoms with E-state index in [0.29, 0.717) is 37.4 Å². The van der Waals surface area contributed by atoms with Crippen molar-refractivity contribution in [1.82, 2.24) is 14.9 Å². The van der Waals surface area contributed by atoms with Crippen LogP contribution < -0.4 is 9.64 Å². The van der Waals surface area contributed by atoms with Gasteiger partial charge in [-0.15, -0.1) is 0 Å². The van der Waals surface area contributed by atoms with Crippen molar-refractivity contribution < 1.29 is 14.3 Å². The number of aromatic nitrogens is 2. The monoisotopic (exact) mass is 334 g/mol. The maximum absolute atomic E-state index is 12.6. The van der Waals surface area contributed by atoms with Crippen LogP contribution in [0.5, 0.6) is 5.88 Å². The number of rotatable bonds is 6. The summed E-state index contributed by atoms with van der Waals surface area (Å²) in [5.74, 6) is 1.97. The fraction of sp³-hybridized carbons (Fsp3) is 0.706. The third kappa shape index (κ3) is 4.35. The molecule has 132 valence electrons. The largest absolute Gasteiger partial charge is 0.481 e. The Morgan fingerprint density at radius 2 is 2.17 bits per heavy atom. The van der Waals surface area contributed by atoms with Crippen molar-refractivity contribution in [3.05, 3.63) is 12.3 Å². The predicted octanol–water partition coefficient (Wildman–Crippen LogP) is 1.34. The van der Waals surface area contributed by atoms with Gasteiger partial charge in [-0.3, -0.25) is 4.79 Å². The normalized spacial score (nSPS) is 19.8. The molecular weight excluding hydrogens is 308 g/mol. The molecule has 7 nitrogen and oxygen atoms in total. The molecule has 1 amide bonds. The molecule has 0 spiro atoms. The summed E-state index contributed by atoms with van der Waals surface area (Å²) in [5, 5.41) is 0. The number of amides is 1. The third-order valence-corrected chi connectivity index (χ3v) is 4.54. The van der Waals surface area contributed by atoms with Gasteiger partial charge in [-0.1, -0.05) is 0 Å². The Kier molecular flexibility index (Phi) is 5.50. The molecule has 0 bridgehead atoms. The van der Waals surface area contributed by atoms with Gasteiger partial charge in [0.15, 0.2) is 0 Å². The fourth-order valence-corrected chi connectivity index (χ4v) is 2.83. The molecule has 0 aromatic carbocycles. The smallest absolute Gasteiger partial charge is 0.251 e. The Balaban J connectivity index is 1.54. The first-order valence-corrected chi connectivity index (χ1v) is 8.69. The van der Waals surface area contributed by atoms with Crippen molar-refractivity contribution in [2.45, 2.75) is 32.3 Å². The molecule has 2 aliphatic rings. The zero-order valence-electron chi connectivity index (χ0n) is 14.5. The summed E-state index contributed by atoms with van der Waals surface area (Å²) in [6.45, 7) is 5.53. The number of hydrogen-bond acceptors (Lipinski definition) is 6. The van der Waals surface area contributed by atoms with Crippen LogP contribution in [0.15, 0.2) is 12.3 Å². The molecule has 24 heavy (non-hydrogen) atoms. The average molecular weight is 334 g/mol. The minimum atomic E-state index is -0.356. The summed E-state index contributed by atoms with van der Waals surface area (Å²) in [4.78, 5) is 25.3. The van der Waals surface area contributed by atoms with Gasteiger partial charge in [-0.05, 0) is 32.1 Å². The van der Waals surface area contributed by atoms with Gasteiger partial charge in [-0.25, -0.2) is 4.98 Å². The number of carbonyl (C=O) groups excluding carboxylic acids is 1. The standard InChI is InChI=1S/C17H26N4O3/c1-13(24-12-14-4-5-14)16(22)20-8-3-9-21(11-10-20)17-18-7-6-15(19-17)23-2/h6-7,13-14H,3-5,8-12H2,1-2H3. The van der Waals surface area contributed by atoms with Gasteiger partial charge in [0, 0.05) is 38.4 Å². The summed E-state index contributed by atoms with van der Waals surface area (Å²) < 4.78 is 10.9. The van der Waals surface area contributed by atoms with Crippen LogP contribution in [0.3, 0.4) is 0 Å². The van der Waals surface area contributed by atoms with E-state index in [9.17, 15) is 4.79 Å². The minimum absolute atomic E-state index is 0.0871. The molecule has 2 heterocycles. The van der Waals surface area contributed by atoms with Crippen molar-refractivity contribution in [3.63, 3.8) is 0 Å². The fourth-order valence-electron chi connectivity index (χ4n) is 2.83. The molecule has 1 aromatic heterocycles. The SMILES string of the molecule is COc1ccnc(N2CCCN(C(=O)C(C)OCC3CC3)CC2)n1. The van der Waals surface area contributed by atoms with E-state index >= 15 is 0 Å². The van der Waals surface area contributed by atoms with Crippen LogP contribution in [0.25, 0.3) is 0 Å². The summed E-state index contributed by atoms with van der Waals surface area (Å²) in [6.07, 6.45) is 4.70. The number of methoxy groups -OCH3 is 1. The maximum Gasteiger partial charge on any atom is 0.251 e. The molecule has 0 radical (unpaired) electrons. The maximum atomic E-state index is 12.6. The van der Waals surface area contributed by atoms with Gasteiger partial charge in [-0.2, -0.15) is 4.98 Å². The van der Waals surface area contributed by atoms with Crippen molar-refractivity contribution >= 4 is 11.9 Å². The summed E-state index contributed by atoms with van der Waals surface area (Å²) in [5.41, 5.74) is 0. The first-order valence-electron chi connectivity index (χ1n) is 8.69. The number of ether oxygens (including phenoxy) is 2. The highest BCUT2D eigenvalue weighted by Crippen LogP contribution is 2.29. The lowest BCUT2D eigenvalue weighted by Crippen LogP contribution is -2.41. The third-order valence-electron chi connectivity index (χ3n) is 4.54. The topological polar surface area (TPSA) is 67.8 Å². The Morgan fingerprint density at radius 3 is 2.92 bits per heavy atom. The zero-order chi connectivity index (χ0) is 16.9. The lowest BCUT2D eigenvalue weighted by Gasteiger charge is -2.25. The second kappa shape index (κ2) is 7.79. The Bertz CT molecular complexity index is 565. The van der Waals surface area contributed by atoms with Crippen LogP contribution in [0.2, 0.25) is 0 Å². The molecule has 7 heteroatoms. The van der Waals surface area contributed by atoms with E-state index in [1.807, 2.05) is 11.8 Å². The molecule has 1 saturated carbocycles. The van der Waals surface area contributed by atoms with E-state index in [-0.39, 0.29) is 12.0 Å². The molecule has 1 aliphatic heterocycles. The van der Waals surface area contributed by atoms with Crippen LogP contribution >= 0.6 is 0 Å². The van der Waals surface area contributed by atoms with E-state index in [2.05, 4.69) is 14.9 Å². The minimum Gasteiger partial charge on any atom is -0.481 e. The number of hydrogen-bond donors (Lipinski definition) is 0. The molecular formula is C17H26N4O3. The summed E-state index contributed by atoms with van der Waals surface area (Å²) in [6, 6.07) is 1.73. The zero-order valence-corrected chi connectivity index (χ0v) is 14.5. The highest BCUT2D eigenvalue weighted by Gasteiger charge is 2.27. The molecule has 3 rings (SSSR count). The Morgan fingerprint density at radius 1 is 1.33 bits per heavy atom. The van der Waals surface area contributed by atoms with E-state index < -0.39 is 0 Å². The molecule has 1 saturated heterocycles. The number of carbonyl (C=O) groups is 1. The van der Waals surface area contributed by atoms with Gasteiger partial charge < -0.3 is 19.3 Å². The van der Waals surface area contributed by atoms with Crippen molar-refractivity contribution in [2.24, 2.45) is 5.92 Å². The van der Waals surface area contributed by atoms with Crippen LogP contribution in [0.4, 0.5) is 5.95 Å². The van der Waals surface area contributed by atoms with E-state index in [0.717, 1.165) is 19.5 Å². The van der Waals surface area contributed by atoms with Gasteiger partial charge in [0.2, 0.25) is 11.8 Å². The highest BCUT2D eigenvalue weighted by molar-refractivity contribution is 5.80. The lowest BCUT2D eigenvalue weighted by atomic mass is 10.3. The van der Waals surface area contributed by atoms with Crippen LogP contribution in [-0.4, -0.2) is 66.8 Å². The van der Waals surface area contributed by atoms with E-state index in [4.69, 9.17) is 9.47 Å². The molecule has 1 unspecified atom stereocenters. The first kappa shape index (κ1) is 17.0. The second-order valence-corrected chi connectivity index (χ2v) is 6.48. The number of anilines is 1. The van der Waals surface area contributed by atoms with Gasteiger partial charge in [0.05, 0.1) is 13.7 Å². The van der Waals surface area contributed by atoms with Crippen LogP contribution in [-0.2, 0) is 9.53 Å². The average Bonchev–Trinajstić information content (AvgIpc) is 3.45. The van der Waals surface area contributed by atoms with E-state index in [1.54, 1.807) is 19.4 Å². The number of nitrogens with zero attached hydrogens (tertiary/aromatic N) is 4. The van der Waals surface area contributed by atoms with Crippen molar-refractivity contribution in [3.8, 4) is 5.88 Å². The lowest BCUT2D eigenvalue weighted by molar-refractivity contribution is -0.142. The van der Waals surface area contributed by atoms with Gasteiger partial charge in [0.25, 0.3) is 5.91 Å². The molecule has 1 atom stereocenters. The summed E-state index contributed by atoms with van der Waals surface area (Å²) in [7, 11) is 1.60. The first-order chi connectivity index (χ1) is 11.7. The Labute approximate surface area is 143 Å². The van der Waals surface area contributed by atoms with Crippen LogP contribution in [0, 0.1) is 5.92 Å². The van der Waals surface area contributed by atoms with Crippen molar-refractivity contribution in [2.75, 3.05) is 44.8 Å². The second-order valence-electron chi connectivity index (χ2n) is 6.48. The molecule has 1 aliphatic carbocycles. The van der Waals surface area contributed by atoms with Gasteiger partial charge >= 0.3 is 0 Å². The molecule has 0 N–H and O–H groups in total. The van der Waals surface area contributed by atoms with Crippen LogP contribution in [0.1, 0.15) is 26.2 Å².